The molecule has 1 fully saturated rings. The summed E-state index contributed by atoms with van der Waals surface area (Å²) in [7, 11) is 0. The van der Waals surface area contributed by atoms with E-state index in [0.717, 1.165) is 10.2 Å². The van der Waals surface area contributed by atoms with Gasteiger partial charge in [-0.05, 0) is 42.5 Å². The van der Waals surface area contributed by atoms with Gasteiger partial charge >= 0.3 is 5.63 Å². The number of carbonyl (C=O) groups excluding carboxylic acids is 1. The predicted octanol–water partition coefficient (Wildman–Crippen LogP) is 4.82. The molecule has 1 aliphatic rings. The maximum atomic E-state index is 12.9. The number of halogens is 3. The van der Waals surface area contributed by atoms with Crippen molar-refractivity contribution in [2.24, 2.45) is 0 Å². The van der Waals surface area contributed by atoms with Crippen molar-refractivity contribution in [3.05, 3.63) is 73.0 Å². The molecule has 0 spiro atoms. The second-order valence-corrected chi connectivity index (χ2v) is 8.24. The van der Waals surface area contributed by atoms with E-state index < -0.39 is 5.63 Å². The van der Waals surface area contributed by atoms with Crippen LogP contribution in [0.4, 0.5) is 5.69 Å². The van der Waals surface area contributed by atoms with Crippen LogP contribution >= 0.6 is 39.1 Å². The van der Waals surface area contributed by atoms with Gasteiger partial charge in [0.05, 0.1) is 10.0 Å². The Kier molecular flexibility index (Phi) is 5.36. The molecule has 5 nitrogen and oxygen atoms in total. The largest absolute Gasteiger partial charge is 0.422 e. The highest BCUT2D eigenvalue weighted by atomic mass is 79.9. The van der Waals surface area contributed by atoms with Crippen molar-refractivity contribution in [2.45, 2.75) is 0 Å². The third kappa shape index (κ3) is 3.77. The average molecular weight is 482 g/mol. The lowest BCUT2D eigenvalue weighted by atomic mass is 10.1. The number of amides is 1. The molecular weight excluding hydrogens is 467 g/mol. The number of nitrogens with zero attached hydrogens (tertiary/aromatic N) is 2. The second kappa shape index (κ2) is 7.78. The van der Waals surface area contributed by atoms with Crippen LogP contribution in [0.15, 0.2) is 56.1 Å². The van der Waals surface area contributed by atoms with Crippen molar-refractivity contribution < 1.29 is 9.21 Å². The minimum atomic E-state index is -0.619. The minimum absolute atomic E-state index is 0.0496. The number of piperazine rings is 1. The van der Waals surface area contributed by atoms with E-state index >= 15 is 0 Å². The molecule has 0 N–H and O–H groups in total. The Labute approximate surface area is 179 Å². The van der Waals surface area contributed by atoms with Crippen molar-refractivity contribution >= 4 is 61.7 Å². The van der Waals surface area contributed by atoms with Gasteiger partial charge in [0.1, 0.15) is 11.1 Å². The van der Waals surface area contributed by atoms with Crippen molar-refractivity contribution in [3.8, 4) is 0 Å². The van der Waals surface area contributed by atoms with Crippen LogP contribution in [-0.4, -0.2) is 37.0 Å². The smallest absolute Gasteiger partial charge is 0.349 e. The molecule has 144 valence electrons. The Morgan fingerprint density at radius 3 is 2.43 bits per heavy atom. The fourth-order valence-electron chi connectivity index (χ4n) is 3.26. The Hall–Kier alpha value is -2.02. The summed E-state index contributed by atoms with van der Waals surface area (Å²) in [6, 6.07) is 12.4. The standard InChI is InChI=1S/C20H15BrCl2N2O3/c21-13-1-4-18-12(9-13)10-15(20(27)28-18)19(26)25-7-5-24(6-8-25)14-2-3-16(22)17(23)11-14/h1-4,9-11H,5-8H2. The normalized spacial score (nSPS) is 14.5. The zero-order valence-electron chi connectivity index (χ0n) is 14.6. The van der Waals surface area contributed by atoms with Gasteiger partial charge in [-0.15, -0.1) is 0 Å². The molecule has 0 bridgehead atoms. The van der Waals surface area contributed by atoms with E-state index in [4.69, 9.17) is 27.6 Å². The van der Waals surface area contributed by atoms with E-state index in [-0.39, 0.29) is 11.5 Å². The van der Waals surface area contributed by atoms with Gasteiger partial charge in [-0.1, -0.05) is 39.1 Å². The number of carbonyl (C=O) groups is 1. The second-order valence-electron chi connectivity index (χ2n) is 6.51. The van der Waals surface area contributed by atoms with Crippen LogP contribution in [0.5, 0.6) is 0 Å². The van der Waals surface area contributed by atoms with Gasteiger partial charge in [0.15, 0.2) is 0 Å². The van der Waals surface area contributed by atoms with Crippen LogP contribution in [-0.2, 0) is 0 Å². The molecule has 2 aromatic carbocycles. The molecule has 0 aliphatic carbocycles. The van der Waals surface area contributed by atoms with E-state index in [9.17, 15) is 9.59 Å². The predicted molar refractivity (Wildman–Crippen MR) is 115 cm³/mol. The van der Waals surface area contributed by atoms with Gasteiger partial charge in [0.2, 0.25) is 0 Å². The molecule has 0 radical (unpaired) electrons. The van der Waals surface area contributed by atoms with Crippen molar-refractivity contribution in [3.63, 3.8) is 0 Å². The van der Waals surface area contributed by atoms with Crippen LogP contribution < -0.4 is 10.5 Å². The van der Waals surface area contributed by atoms with E-state index in [0.29, 0.717) is 47.2 Å². The summed E-state index contributed by atoms with van der Waals surface area (Å²) in [6.07, 6.45) is 0. The SMILES string of the molecule is O=C(c1cc2cc(Br)ccc2oc1=O)N1CCN(c2ccc(Cl)c(Cl)c2)CC1. The summed E-state index contributed by atoms with van der Waals surface area (Å²) in [5, 5.41) is 1.71. The van der Waals surface area contributed by atoms with E-state index in [1.807, 2.05) is 18.2 Å². The van der Waals surface area contributed by atoms with Crippen LogP contribution in [0, 0.1) is 0 Å². The molecule has 1 aromatic heterocycles. The molecule has 0 atom stereocenters. The molecule has 2 heterocycles. The zero-order valence-corrected chi connectivity index (χ0v) is 17.7. The molecule has 1 aliphatic heterocycles. The van der Waals surface area contributed by atoms with Crippen LogP contribution in [0.2, 0.25) is 10.0 Å². The third-order valence-corrected chi connectivity index (χ3v) is 5.99. The first kappa shape index (κ1) is 19.3. The zero-order chi connectivity index (χ0) is 19.8. The fraction of sp³-hybridized carbons (Fsp3) is 0.200. The first-order chi connectivity index (χ1) is 13.4. The number of rotatable bonds is 2. The number of hydrogen-bond acceptors (Lipinski definition) is 4. The first-order valence-electron chi connectivity index (χ1n) is 8.65. The Balaban J connectivity index is 1.52. The maximum absolute atomic E-state index is 12.9. The highest BCUT2D eigenvalue weighted by molar-refractivity contribution is 9.10. The summed E-state index contributed by atoms with van der Waals surface area (Å²) >= 11 is 15.5. The minimum Gasteiger partial charge on any atom is -0.422 e. The van der Waals surface area contributed by atoms with Crippen LogP contribution in [0.1, 0.15) is 10.4 Å². The molecule has 8 heteroatoms. The molecule has 0 unspecified atom stereocenters. The summed E-state index contributed by atoms with van der Waals surface area (Å²) in [5.41, 5.74) is 0.839. The summed E-state index contributed by atoms with van der Waals surface area (Å²) in [6.45, 7) is 2.26. The molecule has 4 rings (SSSR count). The molecule has 3 aromatic rings. The summed E-state index contributed by atoms with van der Waals surface area (Å²) in [4.78, 5) is 29.0. The van der Waals surface area contributed by atoms with Crippen molar-refractivity contribution in [1.82, 2.24) is 4.90 Å². The highest BCUT2D eigenvalue weighted by Gasteiger charge is 2.25. The number of benzene rings is 2. The summed E-state index contributed by atoms with van der Waals surface area (Å²) < 4.78 is 6.16. The van der Waals surface area contributed by atoms with Gasteiger partial charge in [0.25, 0.3) is 5.91 Å². The number of anilines is 1. The molecule has 1 saturated heterocycles. The Bertz CT molecular complexity index is 1120. The first-order valence-corrected chi connectivity index (χ1v) is 10.2. The lowest BCUT2D eigenvalue weighted by molar-refractivity contribution is 0.0742. The molecule has 1 amide bonds. The van der Waals surface area contributed by atoms with Gasteiger partial charge in [-0.2, -0.15) is 0 Å². The van der Waals surface area contributed by atoms with Gasteiger partial charge in [-0.3, -0.25) is 4.79 Å². The number of hydrogen-bond donors (Lipinski definition) is 0. The monoisotopic (exact) mass is 480 g/mol. The third-order valence-electron chi connectivity index (χ3n) is 4.76. The van der Waals surface area contributed by atoms with Gasteiger partial charge < -0.3 is 14.2 Å². The van der Waals surface area contributed by atoms with Crippen molar-refractivity contribution in [1.29, 1.82) is 0 Å². The Morgan fingerprint density at radius 2 is 1.71 bits per heavy atom. The Morgan fingerprint density at radius 1 is 0.964 bits per heavy atom. The summed E-state index contributed by atoms with van der Waals surface area (Å²) in [5.74, 6) is -0.315. The molecule has 0 saturated carbocycles. The lowest BCUT2D eigenvalue weighted by Gasteiger charge is -2.36. The topological polar surface area (TPSA) is 53.8 Å². The highest BCUT2D eigenvalue weighted by Crippen LogP contribution is 2.28. The van der Waals surface area contributed by atoms with E-state index in [1.165, 1.54) is 0 Å². The van der Waals surface area contributed by atoms with Crippen LogP contribution in [0.3, 0.4) is 0 Å². The van der Waals surface area contributed by atoms with E-state index in [1.54, 1.807) is 29.2 Å². The molecule has 28 heavy (non-hydrogen) atoms. The fourth-order valence-corrected chi connectivity index (χ4v) is 3.93. The van der Waals surface area contributed by atoms with E-state index in [2.05, 4.69) is 20.8 Å². The van der Waals surface area contributed by atoms with Crippen molar-refractivity contribution in [2.75, 3.05) is 31.1 Å². The molecular formula is C20H15BrCl2N2O3. The van der Waals surface area contributed by atoms with Gasteiger partial charge in [0, 0.05) is 41.7 Å². The average Bonchev–Trinajstić information content (AvgIpc) is 2.69. The lowest BCUT2D eigenvalue weighted by Crippen LogP contribution is -2.49. The van der Waals surface area contributed by atoms with Gasteiger partial charge in [-0.25, -0.2) is 4.79 Å². The van der Waals surface area contributed by atoms with Crippen LogP contribution in [0.25, 0.3) is 11.0 Å². The quantitative estimate of drug-likeness (QED) is 0.492. The number of fused-ring (bicyclic) bond motifs is 1. The maximum Gasteiger partial charge on any atom is 0.349 e.